The number of nitrogens with one attached hydrogen (secondary N) is 2. The number of hydrogen-bond donors (Lipinski definition) is 2. The Bertz CT molecular complexity index is 1470. The molecule has 0 saturated carbocycles. The third kappa shape index (κ3) is 4.30. The maximum Gasteiger partial charge on any atom is 0.261 e. The van der Waals surface area contributed by atoms with Gasteiger partial charge in [-0.2, -0.15) is 0 Å². The van der Waals surface area contributed by atoms with E-state index in [1.165, 1.54) is 35.6 Å². The van der Waals surface area contributed by atoms with Gasteiger partial charge in [0.2, 0.25) is 0 Å². The van der Waals surface area contributed by atoms with Gasteiger partial charge in [-0.15, -0.1) is 0 Å². The zero-order chi connectivity index (χ0) is 23.0. The maximum atomic E-state index is 13.1. The molecule has 7 nitrogen and oxygen atoms in total. The zero-order valence-corrected chi connectivity index (χ0v) is 18.5. The number of thiazole rings is 1. The lowest BCUT2D eigenvalue weighted by atomic mass is 10.1. The first-order valence-electron chi connectivity index (χ1n) is 9.81. The first-order chi connectivity index (χ1) is 15.9. The Labute approximate surface area is 192 Å². The van der Waals surface area contributed by atoms with Crippen molar-refractivity contribution in [2.24, 2.45) is 0 Å². The van der Waals surface area contributed by atoms with Gasteiger partial charge < -0.3 is 4.74 Å². The monoisotopic (exact) mass is 481 g/mol. The van der Waals surface area contributed by atoms with Gasteiger partial charge in [-0.3, -0.25) is 14.8 Å². The van der Waals surface area contributed by atoms with E-state index in [-0.39, 0.29) is 16.1 Å². The summed E-state index contributed by atoms with van der Waals surface area (Å²) in [6, 6.07) is 18.1. The Hall–Kier alpha value is -3.76. The second-order valence-corrected chi connectivity index (χ2v) is 9.94. The molecule has 5 rings (SSSR count). The van der Waals surface area contributed by atoms with Crippen molar-refractivity contribution in [2.45, 2.75) is 11.5 Å². The molecular formula is C23H16FN3O4S2. The van der Waals surface area contributed by atoms with Crippen LogP contribution in [0.15, 0.2) is 77.7 Å². The second kappa shape index (κ2) is 8.30. The highest BCUT2D eigenvalue weighted by atomic mass is 32.2. The number of hydrogen-bond acceptors (Lipinski definition) is 6. The van der Waals surface area contributed by atoms with E-state index in [0.717, 1.165) is 34.0 Å². The fourth-order valence-electron chi connectivity index (χ4n) is 3.37. The van der Waals surface area contributed by atoms with E-state index in [9.17, 15) is 17.6 Å². The molecule has 0 unspecified atom stereocenters. The van der Waals surface area contributed by atoms with Crippen molar-refractivity contribution in [3.8, 4) is 17.0 Å². The first kappa shape index (κ1) is 21.1. The normalized spacial score (nSPS) is 12.3. The lowest BCUT2D eigenvalue weighted by Crippen LogP contribution is -2.15. The second-order valence-electron chi connectivity index (χ2n) is 7.17. The number of para-hydroxylation sites is 1. The average molecular weight is 482 g/mol. The number of amides is 1. The van der Waals surface area contributed by atoms with Crippen LogP contribution in [0.25, 0.3) is 11.3 Å². The fraction of sp³-hybridized carbons (Fsp3) is 0.0435. The van der Waals surface area contributed by atoms with Gasteiger partial charge in [0, 0.05) is 16.8 Å². The van der Waals surface area contributed by atoms with Crippen molar-refractivity contribution in [1.29, 1.82) is 0 Å². The standard InChI is InChI=1S/C23H16FN3O4S2/c24-15-8-10-17(11-9-15)33(29,30)27-16-5-3-4-14(12-16)22(28)26-23-25-21-18-6-1-2-7-19(18)31-13-20(21)32-23/h1-12,27H,13H2,(H,25,26,28). The maximum absolute atomic E-state index is 13.1. The number of ether oxygens (including phenoxy) is 1. The van der Waals surface area contributed by atoms with E-state index >= 15 is 0 Å². The van der Waals surface area contributed by atoms with Gasteiger partial charge in [0.15, 0.2) is 5.13 Å². The van der Waals surface area contributed by atoms with Crippen LogP contribution < -0.4 is 14.8 Å². The number of carbonyl (C=O) groups excluding carboxylic acids is 1. The molecule has 0 spiro atoms. The molecule has 0 radical (unpaired) electrons. The third-order valence-corrected chi connectivity index (χ3v) is 7.26. The smallest absolute Gasteiger partial charge is 0.261 e. The van der Waals surface area contributed by atoms with Crippen LogP contribution in [0.2, 0.25) is 0 Å². The van der Waals surface area contributed by atoms with Crippen LogP contribution in [0, 0.1) is 5.82 Å². The highest BCUT2D eigenvalue weighted by Crippen LogP contribution is 2.40. The summed E-state index contributed by atoms with van der Waals surface area (Å²) in [5, 5.41) is 3.19. The van der Waals surface area contributed by atoms with Crippen molar-refractivity contribution < 1.29 is 22.3 Å². The lowest BCUT2D eigenvalue weighted by Gasteiger charge is -2.15. The van der Waals surface area contributed by atoms with Gasteiger partial charge >= 0.3 is 0 Å². The predicted molar refractivity (Wildman–Crippen MR) is 123 cm³/mol. The van der Waals surface area contributed by atoms with Crippen molar-refractivity contribution in [1.82, 2.24) is 4.98 Å². The molecule has 0 saturated heterocycles. The molecule has 0 atom stereocenters. The minimum Gasteiger partial charge on any atom is -0.487 e. The first-order valence-corrected chi connectivity index (χ1v) is 12.1. The van der Waals surface area contributed by atoms with Crippen molar-refractivity contribution >= 4 is 38.1 Å². The summed E-state index contributed by atoms with van der Waals surface area (Å²) in [4.78, 5) is 18.2. The van der Waals surface area contributed by atoms with Crippen LogP contribution in [-0.4, -0.2) is 19.3 Å². The minimum absolute atomic E-state index is 0.0883. The minimum atomic E-state index is -3.93. The van der Waals surface area contributed by atoms with E-state index in [1.54, 1.807) is 12.1 Å². The van der Waals surface area contributed by atoms with Crippen molar-refractivity contribution in [3.63, 3.8) is 0 Å². The van der Waals surface area contributed by atoms with E-state index in [0.29, 0.717) is 11.7 Å². The van der Waals surface area contributed by atoms with Crippen molar-refractivity contribution in [2.75, 3.05) is 10.0 Å². The molecule has 1 aliphatic heterocycles. The van der Waals surface area contributed by atoms with E-state index in [2.05, 4.69) is 15.0 Å². The number of carbonyl (C=O) groups is 1. The molecule has 2 N–H and O–H groups in total. The number of fused-ring (bicyclic) bond motifs is 3. The molecule has 1 aromatic heterocycles. The number of nitrogens with zero attached hydrogens (tertiary/aromatic N) is 1. The largest absolute Gasteiger partial charge is 0.487 e. The molecule has 1 aliphatic rings. The van der Waals surface area contributed by atoms with Crippen molar-refractivity contribution in [3.05, 3.63) is 89.1 Å². The molecule has 4 aromatic rings. The SMILES string of the molecule is O=C(Nc1nc2c(s1)COc1ccccc1-2)c1cccc(NS(=O)(=O)c2ccc(F)cc2)c1. The Morgan fingerprint density at radius 2 is 1.82 bits per heavy atom. The molecule has 0 aliphatic carbocycles. The number of aromatic nitrogens is 1. The molecule has 33 heavy (non-hydrogen) atoms. The number of rotatable bonds is 5. The highest BCUT2D eigenvalue weighted by molar-refractivity contribution is 7.92. The van der Waals surface area contributed by atoms with Crippen LogP contribution in [0.3, 0.4) is 0 Å². The number of anilines is 2. The van der Waals surface area contributed by atoms with Gasteiger partial charge in [0.25, 0.3) is 15.9 Å². The van der Waals surface area contributed by atoms with Crippen LogP contribution in [0.1, 0.15) is 15.2 Å². The topological polar surface area (TPSA) is 97.4 Å². The Morgan fingerprint density at radius 1 is 1.03 bits per heavy atom. The molecule has 10 heteroatoms. The highest BCUT2D eigenvalue weighted by Gasteiger charge is 2.23. The number of benzene rings is 3. The summed E-state index contributed by atoms with van der Waals surface area (Å²) < 4.78 is 46.3. The zero-order valence-electron chi connectivity index (χ0n) is 16.9. The van der Waals surface area contributed by atoms with Crippen LogP contribution in [0.5, 0.6) is 5.75 Å². The average Bonchev–Trinajstić information content (AvgIpc) is 3.22. The summed E-state index contributed by atoms with van der Waals surface area (Å²) in [5.41, 5.74) is 2.09. The molecule has 2 heterocycles. The van der Waals surface area contributed by atoms with E-state index in [4.69, 9.17) is 4.74 Å². The van der Waals surface area contributed by atoms with Gasteiger partial charge in [-0.25, -0.2) is 17.8 Å². The van der Waals surface area contributed by atoms with Gasteiger partial charge in [-0.05, 0) is 54.6 Å². The summed E-state index contributed by atoms with van der Waals surface area (Å²) in [6.07, 6.45) is 0. The number of sulfonamides is 1. The van der Waals surface area contributed by atoms with Gasteiger partial charge in [-0.1, -0.05) is 29.5 Å². The third-order valence-electron chi connectivity index (χ3n) is 4.92. The lowest BCUT2D eigenvalue weighted by molar-refractivity contribution is 0.102. The van der Waals surface area contributed by atoms with Crippen LogP contribution in [0.4, 0.5) is 15.2 Å². The Morgan fingerprint density at radius 3 is 2.64 bits per heavy atom. The fourth-order valence-corrected chi connectivity index (χ4v) is 5.30. The Balaban J connectivity index is 1.34. The van der Waals surface area contributed by atoms with E-state index < -0.39 is 21.7 Å². The summed E-state index contributed by atoms with van der Waals surface area (Å²) in [7, 11) is -3.93. The quantitative estimate of drug-likeness (QED) is 0.423. The molecular weight excluding hydrogens is 465 g/mol. The molecule has 3 aromatic carbocycles. The molecule has 0 bridgehead atoms. The van der Waals surface area contributed by atoms with Gasteiger partial charge in [0.1, 0.15) is 18.2 Å². The Kier molecular flexibility index (Phi) is 5.31. The summed E-state index contributed by atoms with van der Waals surface area (Å²) in [5.74, 6) is -0.223. The van der Waals surface area contributed by atoms with Crippen LogP contribution >= 0.6 is 11.3 Å². The van der Waals surface area contributed by atoms with E-state index in [1.807, 2.05) is 24.3 Å². The number of halogens is 1. The molecule has 1 amide bonds. The molecule has 0 fully saturated rings. The molecule has 166 valence electrons. The van der Waals surface area contributed by atoms with Crippen LogP contribution in [-0.2, 0) is 16.6 Å². The summed E-state index contributed by atoms with van der Waals surface area (Å²) >= 11 is 1.32. The predicted octanol–water partition coefficient (Wildman–Crippen LogP) is 4.89. The summed E-state index contributed by atoms with van der Waals surface area (Å²) in [6.45, 7) is 0.376. The van der Waals surface area contributed by atoms with Gasteiger partial charge in [0.05, 0.1) is 15.5 Å².